The maximum Gasteiger partial charge on any atom is 1.00 e. The average molecular weight is 306 g/mol. The first kappa shape index (κ1) is 19.0. The number of hydrogen-bond acceptors (Lipinski definition) is 5. The van der Waals surface area contributed by atoms with Gasteiger partial charge in [0.15, 0.2) is 0 Å². The van der Waals surface area contributed by atoms with Crippen molar-refractivity contribution in [3.05, 3.63) is 34.4 Å². The Bertz CT molecular complexity index is 392. The molecular formula is C6H5AsN2Na2O5. The number of nitrogens with one attached hydrogen (secondary N) is 1. The van der Waals surface area contributed by atoms with Gasteiger partial charge in [-0.2, -0.15) is 0 Å². The van der Waals surface area contributed by atoms with E-state index in [9.17, 15) is 22.0 Å². The number of nitro groups is 1. The van der Waals surface area contributed by atoms with Crippen LogP contribution in [0.25, 0.3) is 0 Å². The monoisotopic (exact) mass is 306 g/mol. The van der Waals surface area contributed by atoms with Crippen LogP contribution in [0.1, 0.15) is 0 Å². The van der Waals surface area contributed by atoms with E-state index in [1.807, 2.05) is 5.43 Å². The third kappa shape index (κ3) is 6.44. The Morgan fingerprint density at radius 1 is 1.12 bits per heavy atom. The van der Waals surface area contributed by atoms with Crippen molar-refractivity contribution in [2.75, 3.05) is 5.43 Å². The molecule has 0 aromatic heterocycles. The van der Waals surface area contributed by atoms with Crippen molar-refractivity contribution in [1.82, 2.24) is 0 Å². The Hall–Kier alpha value is 0.698. The molecule has 1 rings (SSSR count). The van der Waals surface area contributed by atoms with E-state index in [0.29, 0.717) is 0 Å². The Balaban J connectivity index is 0. The van der Waals surface area contributed by atoms with Gasteiger partial charge in [-0.1, -0.05) is 0 Å². The molecule has 0 saturated carbocycles. The van der Waals surface area contributed by atoms with Gasteiger partial charge in [0.25, 0.3) is 0 Å². The van der Waals surface area contributed by atoms with Crippen LogP contribution in [0.2, 0.25) is 0 Å². The van der Waals surface area contributed by atoms with Crippen LogP contribution in [0.4, 0.5) is 5.69 Å². The molecular weight excluding hydrogens is 301 g/mol. The van der Waals surface area contributed by atoms with Gasteiger partial charge >= 0.3 is 140 Å². The third-order valence-electron chi connectivity index (χ3n) is 1.40. The van der Waals surface area contributed by atoms with Crippen LogP contribution in [-0.2, 0) is 3.74 Å². The Kier molecular flexibility index (Phi) is 9.42. The molecule has 16 heavy (non-hydrogen) atoms. The molecule has 0 saturated heterocycles. The number of hydrogen-bond donors (Lipinski definition) is 1. The minimum Gasteiger partial charge on any atom is 1.00 e. The standard InChI is InChI=1S/C6H7AsN2O5.2Na/c10-7(11,12)5-1-3-6(4-2-5)8-9(13)14;;/h1-4,8H,(H2,10,11,12);;/q;2*+1/p-2. The van der Waals surface area contributed by atoms with Crippen molar-refractivity contribution in [1.29, 1.82) is 0 Å². The van der Waals surface area contributed by atoms with Crippen LogP contribution in [0.15, 0.2) is 24.3 Å². The van der Waals surface area contributed by atoms with Crippen LogP contribution < -0.4 is 77.1 Å². The van der Waals surface area contributed by atoms with Crippen LogP contribution in [-0.4, -0.2) is 19.2 Å². The van der Waals surface area contributed by atoms with Gasteiger partial charge in [-0.25, -0.2) is 0 Å². The molecule has 0 aliphatic carbocycles. The van der Waals surface area contributed by atoms with Crippen LogP contribution in [0, 0.1) is 10.1 Å². The SMILES string of the molecule is O=[N+]([O-])Nc1ccc([As](=O)([O-])[O-])cc1.[Na+].[Na+]. The first-order chi connectivity index (χ1) is 6.39. The summed E-state index contributed by atoms with van der Waals surface area (Å²) in [6.45, 7) is 0. The normalized spacial score (nSPS) is 9.62. The molecule has 10 heteroatoms. The summed E-state index contributed by atoms with van der Waals surface area (Å²) in [7, 11) is 0. The topological polar surface area (TPSA) is 118 Å². The van der Waals surface area contributed by atoms with Gasteiger partial charge in [-0.15, -0.1) is 0 Å². The summed E-state index contributed by atoms with van der Waals surface area (Å²) in [6, 6.07) is 4.38. The van der Waals surface area contributed by atoms with E-state index < -0.39 is 19.2 Å². The average Bonchev–Trinajstić information content (AvgIpc) is 2.02. The maximum atomic E-state index is 10.5. The van der Waals surface area contributed by atoms with Gasteiger partial charge in [-0.05, 0) is 0 Å². The van der Waals surface area contributed by atoms with Gasteiger partial charge in [-0.3, -0.25) is 0 Å². The molecule has 0 bridgehead atoms. The van der Waals surface area contributed by atoms with Crippen LogP contribution in [0.3, 0.4) is 0 Å². The molecule has 0 spiro atoms. The second kappa shape index (κ2) is 7.92. The Labute approximate surface area is 138 Å². The van der Waals surface area contributed by atoms with Crippen molar-refractivity contribution in [2.24, 2.45) is 0 Å². The first-order valence-electron chi connectivity index (χ1n) is 3.43. The Morgan fingerprint density at radius 2 is 1.56 bits per heavy atom. The van der Waals surface area contributed by atoms with Crippen LogP contribution >= 0.6 is 0 Å². The molecule has 1 N–H and O–H groups in total. The number of rotatable bonds is 3. The molecule has 76 valence electrons. The van der Waals surface area contributed by atoms with E-state index in [1.165, 1.54) is 0 Å². The minimum absolute atomic E-state index is 0. The van der Waals surface area contributed by atoms with E-state index in [-0.39, 0.29) is 69.2 Å². The number of hydrazine groups is 1. The van der Waals surface area contributed by atoms with Gasteiger partial charge in [0.1, 0.15) is 0 Å². The zero-order valence-corrected chi connectivity index (χ0v) is 14.6. The summed E-state index contributed by atoms with van der Waals surface area (Å²) >= 11 is -5.37. The third-order valence-corrected chi connectivity index (χ3v) is 3.36. The molecule has 0 amide bonds. The van der Waals surface area contributed by atoms with Gasteiger partial charge < -0.3 is 0 Å². The fraction of sp³-hybridized carbons (Fsp3) is 0. The second-order valence-electron chi connectivity index (χ2n) is 2.41. The van der Waals surface area contributed by atoms with E-state index in [1.54, 1.807) is 0 Å². The molecule has 7 nitrogen and oxygen atoms in total. The predicted molar refractivity (Wildman–Crippen MR) is 43.1 cm³/mol. The summed E-state index contributed by atoms with van der Waals surface area (Å²) in [4.78, 5) is 9.97. The smallest absolute Gasteiger partial charge is 1.00 e. The fourth-order valence-electron chi connectivity index (χ4n) is 0.824. The Morgan fingerprint density at radius 3 is 1.88 bits per heavy atom. The maximum absolute atomic E-state index is 10.5. The van der Waals surface area contributed by atoms with Gasteiger partial charge in [0.05, 0.1) is 0 Å². The summed E-state index contributed by atoms with van der Waals surface area (Å²) in [5.74, 6) is 0. The molecule has 0 heterocycles. The van der Waals surface area contributed by atoms with E-state index in [0.717, 1.165) is 24.3 Å². The van der Waals surface area contributed by atoms with Crippen molar-refractivity contribution >= 4 is 24.2 Å². The molecule has 1 aromatic rings. The molecule has 0 fully saturated rings. The zero-order valence-electron chi connectivity index (χ0n) is 8.75. The summed E-state index contributed by atoms with van der Waals surface area (Å²) in [6.07, 6.45) is 0. The second-order valence-corrected chi connectivity index (χ2v) is 5.58. The zero-order chi connectivity index (χ0) is 10.8. The molecule has 0 aliphatic heterocycles. The quantitative estimate of drug-likeness (QED) is 0.336. The number of anilines is 1. The van der Waals surface area contributed by atoms with E-state index >= 15 is 0 Å². The molecule has 1 aromatic carbocycles. The summed E-state index contributed by atoms with van der Waals surface area (Å²) < 4.78 is 31.3. The predicted octanol–water partition coefficient (Wildman–Crippen LogP) is -8.40. The largest absolute Gasteiger partial charge is 1.00 e. The molecule has 0 atom stereocenters. The van der Waals surface area contributed by atoms with E-state index in [4.69, 9.17) is 0 Å². The van der Waals surface area contributed by atoms with Gasteiger partial charge in [0, 0.05) is 0 Å². The van der Waals surface area contributed by atoms with Crippen molar-refractivity contribution in [3.63, 3.8) is 0 Å². The van der Waals surface area contributed by atoms with Crippen molar-refractivity contribution in [2.45, 2.75) is 0 Å². The molecule has 0 unspecified atom stereocenters. The van der Waals surface area contributed by atoms with Crippen LogP contribution in [0.5, 0.6) is 0 Å². The van der Waals surface area contributed by atoms with Crippen molar-refractivity contribution < 1.29 is 76.1 Å². The minimum atomic E-state index is -5.37. The van der Waals surface area contributed by atoms with E-state index in [2.05, 4.69) is 0 Å². The number of nitrogens with zero attached hydrogens (tertiary/aromatic N) is 1. The van der Waals surface area contributed by atoms with Crippen molar-refractivity contribution in [3.8, 4) is 0 Å². The molecule has 0 aliphatic rings. The first-order valence-corrected chi connectivity index (χ1v) is 6.67. The van der Waals surface area contributed by atoms with Gasteiger partial charge in [0.2, 0.25) is 0 Å². The number of benzene rings is 1. The fourth-order valence-corrected chi connectivity index (χ4v) is 1.90. The summed E-state index contributed by atoms with van der Waals surface area (Å²) in [5.41, 5.74) is 1.93. The molecule has 0 radical (unpaired) electrons. The summed E-state index contributed by atoms with van der Waals surface area (Å²) in [5, 5.41) is 9.19.